The quantitative estimate of drug-likeness (QED) is 0.816. The Balaban J connectivity index is 1.63. The molecule has 4 nitrogen and oxygen atoms in total. The fourth-order valence-corrected chi connectivity index (χ4v) is 2.37. The van der Waals surface area contributed by atoms with Crippen LogP contribution in [0.3, 0.4) is 0 Å². The number of fused-ring (bicyclic) bond motifs is 1. The molecule has 20 heavy (non-hydrogen) atoms. The van der Waals surface area contributed by atoms with Crippen LogP contribution in [0.1, 0.15) is 6.92 Å². The van der Waals surface area contributed by atoms with Crippen LogP contribution < -0.4 is 4.74 Å². The van der Waals surface area contributed by atoms with Gasteiger partial charge in [0.25, 0.3) is 0 Å². The Kier molecular flexibility index (Phi) is 3.49. The van der Waals surface area contributed by atoms with Crippen LogP contribution in [0.25, 0.3) is 10.9 Å². The predicted molar refractivity (Wildman–Crippen MR) is 78.1 cm³/mol. The van der Waals surface area contributed by atoms with Crippen molar-refractivity contribution in [1.82, 2.24) is 9.88 Å². The molecule has 1 aliphatic rings. The summed E-state index contributed by atoms with van der Waals surface area (Å²) in [5, 5.41) is 0.607. The van der Waals surface area contributed by atoms with Crippen LogP contribution in [0.5, 0.6) is 5.88 Å². The molecule has 0 radical (unpaired) electrons. The zero-order valence-corrected chi connectivity index (χ0v) is 11.9. The van der Waals surface area contributed by atoms with Gasteiger partial charge in [-0.3, -0.25) is 4.79 Å². The third kappa shape index (κ3) is 2.56. The molecule has 0 N–H and O–H groups in total. The summed E-state index contributed by atoms with van der Waals surface area (Å²) in [7, 11) is 0. The predicted octanol–water partition coefficient (Wildman–Crippen LogP) is 2.45. The van der Waals surface area contributed by atoms with Crippen molar-refractivity contribution >= 4 is 28.4 Å². The second-order valence-corrected chi connectivity index (χ2v) is 5.60. The molecule has 2 heterocycles. The largest absolute Gasteiger partial charge is 0.471 e. The molecule has 3 rings (SSSR count). The Hall–Kier alpha value is -1.81. The zero-order chi connectivity index (χ0) is 14.1. The highest BCUT2D eigenvalue weighted by atomic mass is 35.5. The normalized spacial score (nSPS) is 16.8. The molecule has 1 saturated heterocycles. The average molecular weight is 291 g/mol. The SMILES string of the molecule is CC(Cl)C(=O)N1CC(Oc2ccc3ccccc3n2)C1. The summed E-state index contributed by atoms with van der Waals surface area (Å²) >= 11 is 5.76. The number of alkyl halides is 1. The lowest BCUT2D eigenvalue weighted by Crippen LogP contribution is -2.57. The lowest BCUT2D eigenvalue weighted by Gasteiger charge is -2.39. The highest BCUT2D eigenvalue weighted by Crippen LogP contribution is 2.20. The van der Waals surface area contributed by atoms with Crippen molar-refractivity contribution in [2.24, 2.45) is 0 Å². The summed E-state index contributed by atoms with van der Waals surface area (Å²) in [6.07, 6.45) is 0.00280. The Morgan fingerprint density at radius 1 is 1.35 bits per heavy atom. The Labute approximate surface area is 122 Å². The van der Waals surface area contributed by atoms with E-state index in [2.05, 4.69) is 4.98 Å². The molecule has 0 aliphatic carbocycles. The van der Waals surface area contributed by atoms with Crippen molar-refractivity contribution in [1.29, 1.82) is 0 Å². The molecular formula is C15H15ClN2O2. The third-order valence-electron chi connectivity index (χ3n) is 3.36. The first-order valence-corrected chi connectivity index (χ1v) is 7.02. The first kappa shape index (κ1) is 13.2. The number of benzene rings is 1. The topological polar surface area (TPSA) is 42.4 Å². The summed E-state index contributed by atoms with van der Waals surface area (Å²) in [6.45, 7) is 2.83. The summed E-state index contributed by atoms with van der Waals surface area (Å²) < 4.78 is 5.77. The molecule has 1 aromatic heterocycles. The monoisotopic (exact) mass is 290 g/mol. The molecule has 1 unspecified atom stereocenters. The van der Waals surface area contributed by atoms with Crippen molar-refractivity contribution in [3.05, 3.63) is 36.4 Å². The van der Waals surface area contributed by atoms with Crippen molar-refractivity contribution in [3.63, 3.8) is 0 Å². The lowest BCUT2D eigenvalue weighted by atomic mass is 10.1. The van der Waals surface area contributed by atoms with E-state index in [0.29, 0.717) is 19.0 Å². The number of nitrogens with zero attached hydrogens (tertiary/aromatic N) is 2. The number of carbonyl (C=O) groups excluding carboxylic acids is 1. The van der Waals surface area contributed by atoms with E-state index >= 15 is 0 Å². The summed E-state index contributed by atoms with van der Waals surface area (Å²) in [6, 6.07) is 11.7. The summed E-state index contributed by atoms with van der Waals surface area (Å²) in [5.74, 6) is 0.553. The Bertz CT molecular complexity index is 639. The fraction of sp³-hybridized carbons (Fsp3) is 0.333. The number of hydrogen-bond donors (Lipinski definition) is 0. The Morgan fingerprint density at radius 3 is 2.85 bits per heavy atom. The van der Waals surface area contributed by atoms with E-state index in [-0.39, 0.29) is 12.0 Å². The Morgan fingerprint density at radius 2 is 2.10 bits per heavy atom. The van der Waals surface area contributed by atoms with E-state index in [4.69, 9.17) is 16.3 Å². The number of hydrogen-bond acceptors (Lipinski definition) is 3. The van der Waals surface area contributed by atoms with Gasteiger partial charge >= 0.3 is 0 Å². The number of ether oxygens (including phenoxy) is 1. The van der Waals surface area contributed by atoms with Gasteiger partial charge in [-0.05, 0) is 19.1 Å². The molecule has 1 aliphatic heterocycles. The van der Waals surface area contributed by atoms with Gasteiger partial charge in [-0.25, -0.2) is 4.98 Å². The van der Waals surface area contributed by atoms with Gasteiger partial charge < -0.3 is 9.64 Å². The first-order valence-electron chi connectivity index (χ1n) is 6.59. The highest BCUT2D eigenvalue weighted by Gasteiger charge is 2.34. The summed E-state index contributed by atoms with van der Waals surface area (Å²) in [4.78, 5) is 17.8. The number of halogens is 1. The van der Waals surface area contributed by atoms with Crippen LogP contribution in [-0.2, 0) is 4.79 Å². The average Bonchev–Trinajstić information content (AvgIpc) is 2.41. The van der Waals surface area contributed by atoms with Gasteiger partial charge in [0.2, 0.25) is 11.8 Å². The molecule has 1 atom stereocenters. The van der Waals surface area contributed by atoms with Crippen molar-refractivity contribution < 1.29 is 9.53 Å². The third-order valence-corrected chi connectivity index (χ3v) is 3.55. The minimum Gasteiger partial charge on any atom is -0.471 e. The van der Waals surface area contributed by atoms with Crippen LogP contribution in [0.4, 0.5) is 0 Å². The molecule has 0 saturated carbocycles. The van der Waals surface area contributed by atoms with E-state index < -0.39 is 5.38 Å². The number of rotatable bonds is 3. The number of aromatic nitrogens is 1. The molecular weight excluding hydrogens is 276 g/mol. The second kappa shape index (κ2) is 5.29. The van der Waals surface area contributed by atoms with E-state index in [1.807, 2.05) is 36.4 Å². The van der Waals surface area contributed by atoms with Gasteiger partial charge in [-0.15, -0.1) is 11.6 Å². The van der Waals surface area contributed by atoms with Gasteiger partial charge in [-0.2, -0.15) is 0 Å². The van der Waals surface area contributed by atoms with Crippen molar-refractivity contribution in [2.75, 3.05) is 13.1 Å². The number of amides is 1. The van der Waals surface area contributed by atoms with Crippen LogP contribution in [-0.4, -0.2) is 40.4 Å². The van der Waals surface area contributed by atoms with Gasteiger partial charge in [-0.1, -0.05) is 18.2 Å². The number of para-hydroxylation sites is 1. The van der Waals surface area contributed by atoms with E-state index in [1.54, 1.807) is 11.8 Å². The standard InChI is InChI=1S/C15H15ClN2O2/c1-10(16)15(19)18-8-12(9-18)20-14-7-6-11-4-2-3-5-13(11)17-14/h2-7,10,12H,8-9H2,1H3. The molecule has 1 aromatic carbocycles. The molecule has 0 bridgehead atoms. The number of likely N-dealkylation sites (tertiary alicyclic amines) is 1. The van der Waals surface area contributed by atoms with Gasteiger partial charge in [0, 0.05) is 11.5 Å². The van der Waals surface area contributed by atoms with E-state index in [1.165, 1.54) is 0 Å². The van der Waals surface area contributed by atoms with Crippen LogP contribution in [0.2, 0.25) is 0 Å². The fourth-order valence-electron chi connectivity index (χ4n) is 2.23. The maximum atomic E-state index is 11.6. The van der Waals surface area contributed by atoms with Crippen LogP contribution >= 0.6 is 11.6 Å². The first-order chi connectivity index (χ1) is 9.63. The maximum Gasteiger partial charge on any atom is 0.240 e. The highest BCUT2D eigenvalue weighted by molar-refractivity contribution is 6.30. The van der Waals surface area contributed by atoms with Gasteiger partial charge in [0.05, 0.1) is 18.6 Å². The smallest absolute Gasteiger partial charge is 0.240 e. The summed E-state index contributed by atoms with van der Waals surface area (Å²) in [5.41, 5.74) is 0.909. The van der Waals surface area contributed by atoms with E-state index in [0.717, 1.165) is 10.9 Å². The molecule has 5 heteroatoms. The minimum atomic E-state index is -0.477. The van der Waals surface area contributed by atoms with Crippen molar-refractivity contribution in [2.45, 2.75) is 18.4 Å². The molecule has 0 spiro atoms. The van der Waals surface area contributed by atoms with Crippen LogP contribution in [0.15, 0.2) is 36.4 Å². The second-order valence-electron chi connectivity index (χ2n) is 4.94. The zero-order valence-electron chi connectivity index (χ0n) is 11.1. The lowest BCUT2D eigenvalue weighted by molar-refractivity contribution is -0.139. The molecule has 104 valence electrons. The minimum absolute atomic E-state index is 0.00280. The number of pyridine rings is 1. The van der Waals surface area contributed by atoms with Gasteiger partial charge in [0.1, 0.15) is 11.5 Å². The van der Waals surface area contributed by atoms with Gasteiger partial charge in [0.15, 0.2) is 0 Å². The van der Waals surface area contributed by atoms with Crippen LogP contribution in [0, 0.1) is 0 Å². The maximum absolute atomic E-state index is 11.6. The molecule has 1 amide bonds. The molecule has 2 aromatic rings. The molecule has 1 fully saturated rings. The van der Waals surface area contributed by atoms with Crippen molar-refractivity contribution in [3.8, 4) is 5.88 Å². The number of carbonyl (C=O) groups is 1. The van der Waals surface area contributed by atoms with E-state index in [9.17, 15) is 4.79 Å².